The van der Waals surface area contributed by atoms with Crippen LogP contribution < -0.4 is 0 Å². The first-order valence-electron chi connectivity index (χ1n) is 9.80. The van der Waals surface area contributed by atoms with E-state index in [4.69, 9.17) is 5.11 Å². The van der Waals surface area contributed by atoms with Gasteiger partial charge in [-0.25, -0.2) is 0 Å². The molecule has 3 nitrogen and oxygen atoms in total. The van der Waals surface area contributed by atoms with Crippen molar-refractivity contribution in [3.8, 4) is 0 Å². The Hall–Kier alpha value is -1.31. The molecule has 1 aliphatic carbocycles. The fraction of sp³-hybridized carbons (Fsp3) is 0.455. The normalized spacial score (nSPS) is 22.1. The summed E-state index contributed by atoms with van der Waals surface area (Å²) >= 11 is 0. The highest BCUT2D eigenvalue weighted by atomic mass is 35.5. The lowest BCUT2D eigenvalue weighted by Gasteiger charge is -2.38. The molecule has 0 aromatic heterocycles. The van der Waals surface area contributed by atoms with Gasteiger partial charge in [0.1, 0.15) is 0 Å². The van der Waals surface area contributed by atoms with Crippen LogP contribution in [0.1, 0.15) is 40.6 Å². The van der Waals surface area contributed by atoms with Crippen molar-refractivity contribution < 1.29 is 18.3 Å². The van der Waals surface area contributed by atoms with Gasteiger partial charge >= 0.3 is 6.18 Å². The summed E-state index contributed by atoms with van der Waals surface area (Å²) in [6.07, 6.45) is -3.52. The van der Waals surface area contributed by atoms with Crippen LogP contribution in [0.25, 0.3) is 0 Å². The van der Waals surface area contributed by atoms with Crippen LogP contribution in [0.3, 0.4) is 0 Å². The molecule has 2 aliphatic rings. The molecule has 0 amide bonds. The Balaban J connectivity index is 0.00000160. The van der Waals surface area contributed by atoms with Crippen LogP contribution in [-0.4, -0.2) is 54.2 Å². The first kappa shape index (κ1) is 25.0. The first-order valence-corrected chi connectivity index (χ1v) is 9.80. The van der Waals surface area contributed by atoms with Crippen LogP contribution in [0.15, 0.2) is 48.5 Å². The number of aliphatic hydroxyl groups excluding tert-OH is 1. The van der Waals surface area contributed by atoms with E-state index in [0.29, 0.717) is 6.54 Å². The average molecular weight is 463 g/mol. The van der Waals surface area contributed by atoms with Crippen LogP contribution in [-0.2, 0) is 6.18 Å². The second kappa shape index (κ2) is 10.3. The van der Waals surface area contributed by atoms with Gasteiger partial charge in [-0.2, -0.15) is 13.2 Å². The SMILES string of the molecule is Cl.Cl.OCCN1CCN([C@@H]2C[C@@H](c3ccccc3)c3ccc(C(F)(F)F)cc32)CC1. The predicted octanol–water partition coefficient (Wildman–Crippen LogP) is 4.74. The third kappa shape index (κ3) is 5.11. The fourth-order valence-corrected chi connectivity index (χ4v) is 4.62. The monoisotopic (exact) mass is 462 g/mol. The molecule has 166 valence electrons. The zero-order valence-corrected chi connectivity index (χ0v) is 18.1. The van der Waals surface area contributed by atoms with Crippen molar-refractivity contribution in [2.45, 2.75) is 24.6 Å². The number of piperazine rings is 1. The van der Waals surface area contributed by atoms with Crippen molar-refractivity contribution in [3.63, 3.8) is 0 Å². The van der Waals surface area contributed by atoms with Gasteiger partial charge in [0.2, 0.25) is 0 Å². The molecular weight excluding hydrogens is 436 g/mol. The molecule has 1 saturated heterocycles. The molecule has 4 rings (SSSR count). The Labute approximate surface area is 187 Å². The summed E-state index contributed by atoms with van der Waals surface area (Å²) in [4.78, 5) is 4.52. The average Bonchev–Trinajstić information content (AvgIpc) is 3.08. The predicted molar refractivity (Wildman–Crippen MR) is 117 cm³/mol. The Morgan fingerprint density at radius 1 is 0.900 bits per heavy atom. The van der Waals surface area contributed by atoms with E-state index in [1.165, 1.54) is 12.1 Å². The zero-order chi connectivity index (χ0) is 19.7. The van der Waals surface area contributed by atoms with Crippen molar-refractivity contribution in [1.29, 1.82) is 0 Å². The number of hydrogen-bond donors (Lipinski definition) is 1. The number of hydrogen-bond acceptors (Lipinski definition) is 3. The molecule has 0 spiro atoms. The number of nitrogens with zero attached hydrogens (tertiary/aromatic N) is 2. The van der Waals surface area contributed by atoms with E-state index >= 15 is 0 Å². The van der Waals surface area contributed by atoms with Crippen molar-refractivity contribution in [1.82, 2.24) is 9.80 Å². The van der Waals surface area contributed by atoms with Crippen LogP contribution in [0.4, 0.5) is 13.2 Å². The molecule has 2 aromatic rings. The molecule has 30 heavy (non-hydrogen) atoms. The van der Waals surface area contributed by atoms with Gasteiger partial charge in [0.05, 0.1) is 12.2 Å². The number of fused-ring (bicyclic) bond motifs is 1. The van der Waals surface area contributed by atoms with E-state index in [-0.39, 0.29) is 43.4 Å². The van der Waals surface area contributed by atoms with E-state index in [0.717, 1.165) is 49.3 Å². The van der Waals surface area contributed by atoms with Crippen molar-refractivity contribution in [3.05, 3.63) is 70.8 Å². The van der Waals surface area contributed by atoms with Gasteiger partial charge < -0.3 is 5.11 Å². The third-order valence-corrected chi connectivity index (χ3v) is 6.07. The summed E-state index contributed by atoms with van der Waals surface area (Å²) in [5, 5.41) is 9.13. The Bertz CT molecular complexity index is 812. The van der Waals surface area contributed by atoms with Crippen LogP contribution >= 0.6 is 24.8 Å². The highest BCUT2D eigenvalue weighted by Gasteiger charge is 2.39. The summed E-state index contributed by atoms with van der Waals surface area (Å²) in [5.74, 6) is 0.124. The number of β-amino-alcohol motifs (C(OH)–C–C–N with tert-alkyl or cyclic N) is 1. The lowest BCUT2D eigenvalue weighted by molar-refractivity contribution is -0.137. The molecule has 1 aliphatic heterocycles. The number of alkyl halides is 3. The van der Waals surface area contributed by atoms with E-state index in [9.17, 15) is 13.2 Å². The van der Waals surface area contributed by atoms with Crippen LogP contribution in [0, 0.1) is 0 Å². The van der Waals surface area contributed by atoms with Crippen LogP contribution in [0.2, 0.25) is 0 Å². The maximum atomic E-state index is 13.3. The van der Waals surface area contributed by atoms with E-state index in [1.807, 2.05) is 18.2 Å². The lowest BCUT2D eigenvalue weighted by Crippen LogP contribution is -2.48. The lowest BCUT2D eigenvalue weighted by atomic mass is 9.92. The summed E-state index contributed by atoms with van der Waals surface area (Å²) in [5.41, 5.74) is 2.43. The molecule has 1 heterocycles. The van der Waals surface area contributed by atoms with Crippen LogP contribution in [0.5, 0.6) is 0 Å². The molecule has 1 fully saturated rings. The minimum absolute atomic E-state index is 0. The number of benzene rings is 2. The minimum atomic E-state index is -4.33. The Morgan fingerprint density at radius 3 is 2.17 bits per heavy atom. The van der Waals surface area contributed by atoms with Gasteiger partial charge in [-0.15, -0.1) is 24.8 Å². The Kier molecular flexibility index (Phi) is 8.60. The van der Waals surface area contributed by atoms with Crippen molar-refractivity contribution in [2.24, 2.45) is 0 Å². The largest absolute Gasteiger partial charge is 0.416 e. The maximum Gasteiger partial charge on any atom is 0.416 e. The molecule has 0 bridgehead atoms. The highest BCUT2D eigenvalue weighted by Crippen LogP contribution is 2.48. The van der Waals surface area contributed by atoms with Gasteiger partial charge in [0.15, 0.2) is 0 Å². The number of aliphatic hydroxyl groups is 1. The van der Waals surface area contributed by atoms with Crippen molar-refractivity contribution in [2.75, 3.05) is 39.3 Å². The molecule has 0 radical (unpaired) electrons. The molecule has 0 unspecified atom stereocenters. The van der Waals surface area contributed by atoms with Gasteiger partial charge in [-0.1, -0.05) is 36.4 Å². The van der Waals surface area contributed by atoms with E-state index < -0.39 is 11.7 Å². The zero-order valence-electron chi connectivity index (χ0n) is 16.5. The maximum absolute atomic E-state index is 13.3. The standard InChI is InChI=1S/C22H25F3N2O.2ClH/c23-22(24,25)17-6-7-18-19(16-4-2-1-3-5-16)15-21(20(18)14-17)27-10-8-26(9-11-27)12-13-28;;/h1-7,14,19,21,28H,8-13,15H2;2*1H/t19-,21+;;/m0../s1. The second-order valence-electron chi connectivity index (χ2n) is 7.66. The highest BCUT2D eigenvalue weighted by molar-refractivity contribution is 5.85. The Morgan fingerprint density at radius 2 is 1.57 bits per heavy atom. The van der Waals surface area contributed by atoms with Gasteiger partial charge in [-0.05, 0) is 35.2 Å². The van der Waals surface area contributed by atoms with Gasteiger partial charge in [0, 0.05) is 44.7 Å². The fourth-order valence-electron chi connectivity index (χ4n) is 4.62. The van der Waals surface area contributed by atoms with E-state index in [2.05, 4.69) is 21.9 Å². The van der Waals surface area contributed by atoms with E-state index in [1.54, 1.807) is 6.07 Å². The molecule has 1 N–H and O–H groups in total. The smallest absolute Gasteiger partial charge is 0.395 e. The molecular formula is C22H27Cl2F3N2O. The third-order valence-electron chi connectivity index (χ3n) is 6.07. The number of halogens is 5. The first-order chi connectivity index (χ1) is 13.5. The summed E-state index contributed by atoms with van der Waals surface area (Å²) < 4.78 is 40.0. The summed E-state index contributed by atoms with van der Waals surface area (Å²) in [7, 11) is 0. The molecule has 8 heteroatoms. The molecule has 2 atom stereocenters. The second-order valence-corrected chi connectivity index (χ2v) is 7.66. The molecule has 0 saturated carbocycles. The topological polar surface area (TPSA) is 26.7 Å². The summed E-state index contributed by atoms with van der Waals surface area (Å²) in [6, 6.07) is 14.3. The minimum Gasteiger partial charge on any atom is -0.395 e. The van der Waals surface area contributed by atoms with Crippen molar-refractivity contribution >= 4 is 24.8 Å². The number of rotatable bonds is 4. The van der Waals surface area contributed by atoms with Gasteiger partial charge in [0.25, 0.3) is 0 Å². The summed E-state index contributed by atoms with van der Waals surface area (Å²) in [6.45, 7) is 4.07. The van der Waals surface area contributed by atoms with Gasteiger partial charge in [-0.3, -0.25) is 9.80 Å². The quantitative estimate of drug-likeness (QED) is 0.710. The molecule has 2 aromatic carbocycles.